The summed E-state index contributed by atoms with van der Waals surface area (Å²) >= 11 is 1.25. The predicted molar refractivity (Wildman–Crippen MR) is 44.4 cm³/mol. The molecule has 0 atom stereocenters. The highest BCUT2D eigenvalue weighted by Gasteiger charge is 1.96. The van der Waals surface area contributed by atoms with Gasteiger partial charge in [0.1, 0.15) is 0 Å². The van der Waals surface area contributed by atoms with E-state index in [0.29, 0.717) is 0 Å². The Morgan fingerprint density at radius 1 is 1.60 bits per heavy atom. The molecule has 0 spiro atoms. The van der Waals surface area contributed by atoms with E-state index in [1.807, 2.05) is 26.0 Å². The molecule has 0 aliphatic carbocycles. The van der Waals surface area contributed by atoms with E-state index in [1.54, 1.807) is 0 Å². The summed E-state index contributed by atoms with van der Waals surface area (Å²) in [5.74, 6) is 0. The van der Waals surface area contributed by atoms with E-state index in [4.69, 9.17) is 0 Å². The lowest BCUT2D eigenvalue weighted by molar-refractivity contribution is 1.29. The second-order valence-corrected chi connectivity index (χ2v) is 3.17. The smallest absolute Gasteiger partial charge is 0.305 e. The Labute approximate surface area is 63.2 Å². The third-order valence-corrected chi connectivity index (χ3v) is 2.01. The fourth-order valence-corrected chi connectivity index (χ4v) is 1.41. The summed E-state index contributed by atoms with van der Waals surface area (Å²) in [5.41, 5.74) is 0.928. The molecule has 0 saturated heterocycles. The summed E-state index contributed by atoms with van der Waals surface area (Å²) in [6.45, 7) is 3.85. The van der Waals surface area contributed by atoms with E-state index in [-0.39, 0.29) is 4.87 Å². The number of rotatable bonds is 1. The molecule has 0 aliphatic heterocycles. The van der Waals surface area contributed by atoms with Crippen LogP contribution in [0.1, 0.15) is 17.5 Å². The molecule has 0 amide bonds. The van der Waals surface area contributed by atoms with Crippen molar-refractivity contribution in [3.8, 4) is 0 Å². The van der Waals surface area contributed by atoms with Gasteiger partial charge in [-0.15, -0.1) is 0 Å². The van der Waals surface area contributed by atoms with Gasteiger partial charge in [0.25, 0.3) is 0 Å². The highest BCUT2D eigenvalue weighted by Crippen LogP contribution is 2.07. The first-order valence-electron chi connectivity index (χ1n) is 3.06. The van der Waals surface area contributed by atoms with Crippen molar-refractivity contribution >= 4 is 17.4 Å². The lowest BCUT2D eigenvalue weighted by atomic mass is 10.3. The van der Waals surface area contributed by atoms with Crippen LogP contribution in [-0.4, -0.2) is 4.98 Å². The van der Waals surface area contributed by atoms with Crippen molar-refractivity contribution < 1.29 is 0 Å². The van der Waals surface area contributed by atoms with Crippen LogP contribution < -0.4 is 4.87 Å². The maximum Gasteiger partial charge on any atom is 0.305 e. The summed E-state index contributed by atoms with van der Waals surface area (Å²) in [6.07, 6.45) is 3.80. The van der Waals surface area contributed by atoms with Crippen LogP contribution in [-0.2, 0) is 0 Å². The van der Waals surface area contributed by atoms with Crippen molar-refractivity contribution in [1.29, 1.82) is 0 Å². The number of allylic oxidation sites excluding steroid dienone is 1. The minimum Gasteiger partial charge on any atom is -0.313 e. The Morgan fingerprint density at radius 2 is 2.30 bits per heavy atom. The van der Waals surface area contributed by atoms with Gasteiger partial charge in [-0.2, -0.15) is 0 Å². The molecule has 0 saturated carbocycles. The minimum atomic E-state index is 0.0191. The van der Waals surface area contributed by atoms with Crippen molar-refractivity contribution in [3.63, 3.8) is 0 Å². The third kappa shape index (κ3) is 1.36. The van der Waals surface area contributed by atoms with Gasteiger partial charge in [-0.25, -0.2) is 0 Å². The van der Waals surface area contributed by atoms with Crippen LogP contribution in [0.25, 0.3) is 6.08 Å². The van der Waals surface area contributed by atoms with Crippen molar-refractivity contribution in [2.45, 2.75) is 13.8 Å². The van der Waals surface area contributed by atoms with Gasteiger partial charge in [-0.3, -0.25) is 4.79 Å². The Kier molecular flexibility index (Phi) is 2.06. The Balaban J connectivity index is 3.15. The molecule has 0 aliphatic rings. The zero-order valence-electron chi connectivity index (χ0n) is 5.97. The van der Waals surface area contributed by atoms with Gasteiger partial charge < -0.3 is 4.98 Å². The monoisotopic (exact) mass is 155 g/mol. The molecule has 3 heteroatoms. The topological polar surface area (TPSA) is 32.9 Å². The fraction of sp³-hybridized carbons (Fsp3) is 0.286. The largest absolute Gasteiger partial charge is 0.313 e. The van der Waals surface area contributed by atoms with Gasteiger partial charge >= 0.3 is 4.87 Å². The minimum absolute atomic E-state index is 0.0191. The quantitative estimate of drug-likeness (QED) is 0.658. The lowest BCUT2D eigenvalue weighted by Crippen LogP contribution is -1.91. The molecule has 10 heavy (non-hydrogen) atoms. The van der Waals surface area contributed by atoms with E-state index in [9.17, 15) is 4.79 Å². The molecular formula is C7H9NOS. The molecule has 0 unspecified atom stereocenters. The van der Waals surface area contributed by atoms with Crippen LogP contribution in [0.3, 0.4) is 0 Å². The van der Waals surface area contributed by atoms with Crippen LogP contribution in [0, 0.1) is 6.92 Å². The maximum atomic E-state index is 10.7. The molecule has 0 radical (unpaired) electrons. The van der Waals surface area contributed by atoms with Crippen molar-refractivity contribution in [2.24, 2.45) is 0 Å². The number of aromatic nitrogens is 1. The summed E-state index contributed by atoms with van der Waals surface area (Å²) in [4.78, 5) is 14.5. The van der Waals surface area contributed by atoms with Crippen LogP contribution in [0.2, 0.25) is 0 Å². The van der Waals surface area contributed by atoms with Crippen molar-refractivity contribution in [1.82, 2.24) is 4.98 Å². The number of hydrogen-bond acceptors (Lipinski definition) is 2. The SMILES string of the molecule is C/C=C\c1[nH]c(=O)sc1C. The van der Waals surface area contributed by atoms with Gasteiger partial charge in [0.15, 0.2) is 0 Å². The normalized spacial score (nSPS) is 11.0. The van der Waals surface area contributed by atoms with Crippen LogP contribution in [0.4, 0.5) is 0 Å². The average Bonchev–Trinajstić information content (AvgIpc) is 2.13. The Hall–Kier alpha value is -0.830. The first kappa shape index (κ1) is 7.28. The third-order valence-electron chi connectivity index (χ3n) is 1.20. The molecule has 1 rings (SSSR count). The second-order valence-electron chi connectivity index (χ2n) is 1.98. The second kappa shape index (κ2) is 2.84. The Bertz CT molecular complexity index is 295. The highest BCUT2D eigenvalue weighted by molar-refractivity contribution is 7.09. The predicted octanol–water partition coefficient (Wildman–Crippen LogP) is 1.78. The number of H-pyrrole nitrogens is 1. The van der Waals surface area contributed by atoms with E-state index in [1.165, 1.54) is 11.3 Å². The molecule has 0 aromatic carbocycles. The van der Waals surface area contributed by atoms with Crippen LogP contribution in [0.15, 0.2) is 10.9 Å². The molecule has 1 heterocycles. The molecule has 1 N–H and O–H groups in total. The first-order chi connectivity index (χ1) is 4.74. The van der Waals surface area contributed by atoms with Crippen LogP contribution >= 0.6 is 11.3 Å². The molecular weight excluding hydrogens is 146 g/mol. The highest BCUT2D eigenvalue weighted by atomic mass is 32.1. The number of aromatic amines is 1. The summed E-state index contributed by atoms with van der Waals surface area (Å²) < 4.78 is 0. The zero-order valence-corrected chi connectivity index (χ0v) is 6.79. The van der Waals surface area contributed by atoms with E-state index in [0.717, 1.165) is 10.6 Å². The Morgan fingerprint density at radius 3 is 2.70 bits per heavy atom. The number of hydrogen-bond donors (Lipinski definition) is 1. The summed E-state index contributed by atoms with van der Waals surface area (Å²) in [7, 11) is 0. The van der Waals surface area contributed by atoms with Gasteiger partial charge in [0.05, 0.1) is 5.69 Å². The molecule has 0 fully saturated rings. The lowest BCUT2D eigenvalue weighted by Gasteiger charge is -1.84. The molecule has 0 bridgehead atoms. The van der Waals surface area contributed by atoms with Gasteiger partial charge in [0.2, 0.25) is 0 Å². The maximum absolute atomic E-state index is 10.7. The molecule has 1 aromatic rings. The summed E-state index contributed by atoms with van der Waals surface area (Å²) in [5, 5.41) is 0. The first-order valence-corrected chi connectivity index (χ1v) is 3.88. The van der Waals surface area contributed by atoms with Crippen LogP contribution in [0.5, 0.6) is 0 Å². The summed E-state index contributed by atoms with van der Waals surface area (Å²) in [6, 6.07) is 0. The van der Waals surface area contributed by atoms with Gasteiger partial charge in [0, 0.05) is 4.88 Å². The average molecular weight is 155 g/mol. The van der Waals surface area contributed by atoms with E-state index >= 15 is 0 Å². The number of thiazole rings is 1. The zero-order chi connectivity index (χ0) is 7.56. The van der Waals surface area contributed by atoms with E-state index in [2.05, 4.69) is 4.98 Å². The van der Waals surface area contributed by atoms with Gasteiger partial charge in [-0.05, 0) is 19.9 Å². The molecule has 1 aromatic heterocycles. The van der Waals surface area contributed by atoms with Crippen molar-refractivity contribution in [3.05, 3.63) is 26.3 Å². The van der Waals surface area contributed by atoms with Gasteiger partial charge in [-0.1, -0.05) is 17.4 Å². The number of nitrogens with one attached hydrogen (secondary N) is 1. The van der Waals surface area contributed by atoms with E-state index < -0.39 is 0 Å². The molecule has 54 valence electrons. The van der Waals surface area contributed by atoms with Crippen molar-refractivity contribution in [2.75, 3.05) is 0 Å². The fourth-order valence-electron chi connectivity index (χ4n) is 0.743. The standard InChI is InChI=1S/C7H9NOS/c1-3-4-6-5(2)10-7(9)8-6/h3-4H,1-2H3,(H,8,9)/b4-3-. The molecule has 2 nitrogen and oxygen atoms in total. The number of aryl methyl sites for hydroxylation is 1.